The van der Waals surface area contributed by atoms with E-state index in [0.717, 1.165) is 31.7 Å². The Morgan fingerprint density at radius 1 is 1.10 bits per heavy atom. The highest BCUT2D eigenvalue weighted by atomic mass is 79.9. The molecule has 110 valence electrons. The molecule has 0 radical (unpaired) electrons. The number of aliphatic hydroxyl groups excluding tert-OH is 1. The van der Waals surface area contributed by atoms with Crippen LogP contribution >= 0.6 is 15.9 Å². The van der Waals surface area contributed by atoms with Crippen LogP contribution in [0.5, 0.6) is 0 Å². The zero-order valence-corrected chi connectivity index (χ0v) is 13.5. The molecule has 20 heavy (non-hydrogen) atoms. The molecule has 1 atom stereocenters. The van der Waals surface area contributed by atoms with Gasteiger partial charge in [-0.25, -0.2) is 0 Å². The molecule has 1 aromatic carbocycles. The maximum atomic E-state index is 9.55. The molecule has 1 fully saturated rings. The van der Waals surface area contributed by atoms with Gasteiger partial charge in [-0.15, -0.1) is 0 Å². The third-order valence-corrected chi connectivity index (χ3v) is 5.40. The maximum absolute atomic E-state index is 9.55. The Kier molecular flexibility index (Phi) is 4.79. The minimum atomic E-state index is -0.0359. The number of aliphatic hydroxyl groups is 1. The van der Waals surface area contributed by atoms with E-state index >= 15 is 0 Å². The number of halogens is 1. The zero-order valence-electron chi connectivity index (χ0n) is 11.9. The first-order valence-corrected chi connectivity index (χ1v) is 8.69. The summed E-state index contributed by atoms with van der Waals surface area (Å²) in [6.45, 7) is 1.13. The highest BCUT2D eigenvalue weighted by molar-refractivity contribution is 9.10. The van der Waals surface area contributed by atoms with Crippen LogP contribution in [0.1, 0.15) is 43.2 Å². The van der Waals surface area contributed by atoms with Crippen molar-refractivity contribution in [2.45, 2.75) is 57.1 Å². The van der Waals surface area contributed by atoms with Gasteiger partial charge in [0.25, 0.3) is 0 Å². The molecule has 2 aliphatic rings. The summed E-state index contributed by atoms with van der Waals surface area (Å²) in [6, 6.07) is 7.33. The molecule has 1 saturated carbocycles. The van der Waals surface area contributed by atoms with E-state index in [2.05, 4.69) is 39.4 Å². The van der Waals surface area contributed by atoms with Gasteiger partial charge in [0.2, 0.25) is 0 Å². The minimum absolute atomic E-state index is 0.0359. The summed E-state index contributed by atoms with van der Waals surface area (Å²) in [5.74, 6) is 0.768. The number of benzene rings is 1. The van der Waals surface area contributed by atoms with Crippen molar-refractivity contribution in [3.05, 3.63) is 33.8 Å². The molecule has 2 aliphatic carbocycles. The number of rotatable bonds is 3. The summed E-state index contributed by atoms with van der Waals surface area (Å²) < 4.78 is 1.20. The first-order chi connectivity index (χ1) is 9.70. The molecule has 0 aromatic heterocycles. The smallest absolute Gasteiger partial charge is 0.0540 e. The van der Waals surface area contributed by atoms with Gasteiger partial charge in [-0.2, -0.15) is 0 Å². The summed E-state index contributed by atoms with van der Waals surface area (Å²) in [7, 11) is 0. The Balaban J connectivity index is 1.49. The van der Waals surface area contributed by atoms with Crippen molar-refractivity contribution >= 4 is 15.9 Å². The molecule has 0 bridgehead atoms. The van der Waals surface area contributed by atoms with E-state index in [1.54, 1.807) is 0 Å². The van der Waals surface area contributed by atoms with E-state index in [1.807, 2.05) is 0 Å². The highest BCUT2D eigenvalue weighted by Gasteiger charge is 2.22. The lowest BCUT2D eigenvalue weighted by Gasteiger charge is -2.30. The van der Waals surface area contributed by atoms with Gasteiger partial charge in [-0.1, -0.05) is 22.0 Å². The second-order valence-electron chi connectivity index (χ2n) is 6.44. The number of hydrogen-bond donors (Lipinski definition) is 2. The van der Waals surface area contributed by atoms with Crippen molar-refractivity contribution in [1.29, 1.82) is 0 Å². The van der Waals surface area contributed by atoms with Crippen LogP contribution in [0.2, 0.25) is 0 Å². The summed E-state index contributed by atoms with van der Waals surface area (Å²) in [4.78, 5) is 0. The normalized spacial score (nSPS) is 30.0. The van der Waals surface area contributed by atoms with E-state index in [9.17, 15) is 5.11 Å². The average Bonchev–Trinajstić information content (AvgIpc) is 2.46. The standard InChI is InChI=1S/C17H24BrNO/c18-15-5-3-14-10-16(6-4-13(14)9-15)19-11-12-1-7-17(20)8-2-12/h3,5,9,12,16-17,19-20H,1-2,4,6-8,10-11H2. The van der Waals surface area contributed by atoms with Gasteiger partial charge >= 0.3 is 0 Å². The van der Waals surface area contributed by atoms with Crippen LogP contribution in [-0.2, 0) is 12.8 Å². The zero-order chi connectivity index (χ0) is 13.9. The van der Waals surface area contributed by atoms with Gasteiger partial charge in [0.15, 0.2) is 0 Å². The lowest BCUT2D eigenvalue weighted by atomic mass is 9.85. The molecule has 3 heteroatoms. The molecular weight excluding hydrogens is 314 g/mol. The molecule has 0 heterocycles. The third kappa shape index (κ3) is 3.63. The number of aryl methyl sites for hydroxylation is 1. The van der Waals surface area contributed by atoms with Crippen LogP contribution in [0.3, 0.4) is 0 Å². The van der Waals surface area contributed by atoms with Gasteiger partial charge in [0.1, 0.15) is 0 Å². The Morgan fingerprint density at radius 3 is 2.70 bits per heavy atom. The van der Waals surface area contributed by atoms with Crippen molar-refractivity contribution in [1.82, 2.24) is 5.32 Å². The third-order valence-electron chi connectivity index (χ3n) is 4.91. The monoisotopic (exact) mass is 337 g/mol. The van der Waals surface area contributed by atoms with E-state index in [-0.39, 0.29) is 6.10 Å². The fourth-order valence-electron chi connectivity index (χ4n) is 3.58. The lowest BCUT2D eigenvalue weighted by Crippen LogP contribution is -2.38. The molecule has 0 saturated heterocycles. The van der Waals surface area contributed by atoms with Crippen molar-refractivity contribution in [2.75, 3.05) is 6.54 Å². The largest absolute Gasteiger partial charge is 0.393 e. The van der Waals surface area contributed by atoms with Gasteiger partial charge in [-0.3, -0.25) is 0 Å². The molecule has 0 spiro atoms. The fraction of sp³-hybridized carbons (Fsp3) is 0.647. The molecule has 1 unspecified atom stereocenters. The molecule has 2 nitrogen and oxygen atoms in total. The van der Waals surface area contributed by atoms with Crippen LogP contribution in [0.4, 0.5) is 0 Å². The van der Waals surface area contributed by atoms with Crippen LogP contribution in [0.25, 0.3) is 0 Å². The second-order valence-corrected chi connectivity index (χ2v) is 7.35. The topological polar surface area (TPSA) is 32.3 Å². The van der Waals surface area contributed by atoms with Crippen LogP contribution in [0.15, 0.2) is 22.7 Å². The first kappa shape index (κ1) is 14.6. The Bertz CT molecular complexity index is 454. The molecular formula is C17H24BrNO. The van der Waals surface area contributed by atoms with Gasteiger partial charge < -0.3 is 10.4 Å². The molecule has 0 amide bonds. The van der Waals surface area contributed by atoms with Crippen LogP contribution in [0, 0.1) is 5.92 Å². The predicted molar refractivity (Wildman–Crippen MR) is 85.9 cm³/mol. The van der Waals surface area contributed by atoms with Crippen molar-refractivity contribution < 1.29 is 5.11 Å². The Hall–Kier alpha value is -0.380. The SMILES string of the molecule is OC1CCC(CNC2CCc3cc(Br)ccc3C2)CC1. The number of hydrogen-bond acceptors (Lipinski definition) is 2. The van der Waals surface area contributed by atoms with Gasteiger partial charge in [-0.05, 0) is 80.7 Å². The lowest BCUT2D eigenvalue weighted by molar-refractivity contribution is 0.107. The summed E-state index contributed by atoms with van der Waals surface area (Å²) in [6.07, 6.45) is 7.93. The average molecular weight is 338 g/mol. The van der Waals surface area contributed by atoms with Crippen LogP contribution in [-0.4, -0.2) is 23.8 Å². The Labute approximate surface area is 130 Å². The van der Waals surface area contributed by atoms with Crippen molar-refractivity contribution in [2.24, 2.45) is 5.92 Å². The predicted octanol–water partition coefficient (Wildman–Crippen LogP) is 3.45. The molecule has 2 N–H and O–H groups in total. The van der Waals surface area contributed by atoms with Gasteiger partial charge in [0.05, 0.1) is 6.10 Å². The quantitative estimate of drug-likeness (QED) is 0.885. The highest BCUT2D eigenvalue weighted by Crippen LogP contribution is 2.26. The Morgan fingerprint density at radius 2 is 1.90 bits per heavy atom. The summed E-state index contributed by atoms with van der Waals surface area (Å²) in [5, 5.41) is 13.3. The van der Waals surface area contributed by atoms with E-state index < -0.39 is 0 Å². The van der Waals surface area contributed by atoms with E-state index in [1.165, 1.54) is 41.3 Å². The molecule has 0 aliphatic heterocycles. The molecule has 3 rings (SSSR count). The summed E-state index contributed by atoms with van der Waals surface area (Å²) >= 11 is 3.56. The van der Waals surface area contributed by atoms with Gasteiger partial charge in [0, 0.05) is 10.5 Å². The maximum Gasteiger partial charge on any atom is 0.0540 e. The molecule has 1 aromatic rings. The first-order valence-electron chi connectivity index (χ1n) is 7.89. The van der Waals surface area contributed by atoms with Crippen LogP contribution < -0.4 is 5.32 Å². The van der Waals surface area contributed by atoms with E-state index in [0.29, 0.717) is 6.04 Å². The number of nitrogens with one attached hydrogen (secondary N) is 1. The summed E-state index contributed by atoms with van der Waals surface area (Å²) in [5.41, 5.74) is 3.02. The second kappa shape index (κ2) is 6.59. The van der Waals surface area contributed by atoms with Crippen molar-refractivity contribution in [3.8, 4) is 0 Å². The van der Waals surface area contributed by atoms with E-state index in [4.69, 9.17) is 0 Å². The number of fused-ring (bicyclic) bond motifs is 1. The van der Waals surface area contributed by atoms with Crippen molar-refractivity contribution in [3.63, 3.8) is 0 Å². The minimum Gasteiger partial charge on any atom is -0.393 e. The fourth-order valence-corrected chi connectivity index (χ4v) is 3.99.